The maximum Gasteiger partial charge on any atom is 0.210 e. The molecule has 0 aliphatic heterocycles. The molecule has 4 heterocycles. The van der Waals surface area contributed by atoms with Crippen molar-refractivity contribution in [2.75, 3.05) is 0 Å². The summed E-state index contributed by atoms with van der Waals surface area (Å²) in [5.74, 6) is 6.07. The normalized spacial score (nSPS) is 10.9. The number of hydrogen-bond donors (Lipinski definition) is 0. The van der Waals surface area contributed by atoms with Crippen molar-refractivity contribution in [3.05, 3.63) is 280 Å². The Morgan fingerprint density at radius 3 is 0.657 bits per heavy atom. The van der Waals surface area contributed by atoms with Crippen molar-refractivity contribution in [2.24, 2.45) is 0 Å². The molecular weight excluding hydrogens is 865 g/mol. The maximum atomic E-state index is 6.26. The predicted molar refractivity (Wildman–Crippen MR) is 270 cm³/mol. The molecule has 0 radical (unpaired) electrons. The van der Waals surface area contributed by atoms with Crippen LogP contribution in [0, 0.1) is 0 Å². The fraction of sp³-hybridized carbons (Fsp3) is 0. The standard InChI is InChI=1S/C62H46N4O4/c1-3-8-55(9-4-1)67-57-22-14-51(15-23-57)63-38-30-47(31-39-63)49-34-42-65(43-35-49)53-18-26-59(27-19-53)69-61-12-7-13-62(46-61)70-60-28-20-54(21-29-60)66-44-36-50(37-45-66)48-32-40-64(41-33-48)52-16-24-58(25-17-52)68-56-10-5-2-6-11-56/h1-46H/q+4. The van der Waals surface area contributed by atoms with E-state index in [-0.39, 0.29) is 0 Å². The number of benzene rings is 7. The molecule has 11 rings (SSSR count). The summed E-state index contributed by atoms with van der Waals surface area (Å²) in [5.41, 5.74) is 8.69. The van der Waals surface area contributed by atoms with Crippen LogP contribution in [-0.2, 0) is 0 Å². The fourth-order valence-electron chi connectivity index (χ4n) is 8.03. The zero-order chi connectivity index (χ0) is 46.9. The molecule has 0 saturated carbocycles. The van der Waals surface area contributed by atoms with Crippen molar-refractivity contribution in [3.63, 3.8) is 0 Å². The third-order valence-electron chi connectivity index (χ3n) is 11.8. The Labute approximate surface area is 406 Å². The molecule has 11 aromatic rings. The lowest BCUT2D eigenvalue weighted by molar-refractivity contribution is -0.596. The van der Waals surface area contributed by atoms with E-state index in [1.54, 1.807) is 0 Å². The molecule has 7 aromatic carbocycles. The highest BCUT2D eigenvalue weighted by Gasteiger charge is 2.14. The first-order chi connectivity index (χ1) is 34.6. The quantitative estimate of drug-likeness (QED) is 0.102. The number of pyridine rings is 4. The molecular formula is C62H46N4O4+4. The van der Waals surface area contributed by atoms with E-state index >= 15 is 0 Å². The molecule has 0 spiro atoms. The zero-order valence-corrected chi connectivity index (χ0v) is 38.0. The molecule has 0 unspecified atom stereocenters. The lowest BCUT2D eigenvalue weighted by Crippen LogP contribution is -2.29. The molecule has 4 aromatic heterocycles. The van der Waals surface area contributed by atoms with E-state index < -0.39 is 0 Å². The van der Waals surface area contributed by atoms with E-state index in [1.807, 2.05) is 158 Å². The van der Waals surface area contributed by atoms with Crippen molar-refractivity contribution in [3.8, 4) is 91.0 Å². The summed E-state index contributed by atoms with van der Waals surface area (Å²) in [6, 6.07) is 76.5. The maximum absolute atomic E-state index is 6.26. The minimum Gasteiger partial charge on any atom is -0.457 e. The van der Waals surface area contributed by atoms with Gasteiger partial charge in [0.15, 0.2) is 49.6 Å². The van der Waals surface area contributed by atoms with E-state index in [9.17, 15) is 0 Å². The van der Waals surface area contributed by atoms with Crippen LogP contribution in [0.3, 0.4) is 0 Å². The summed E-state index contributed by atoms with van der Waals surface area (Å²) in [6.07, 6.45) is 16.6. The first kappa shape index (κ1) is 42.9. The van der Waals surface area contributed by atoms with Crippen LogP contribution < -0.4 is 37.2 Å². The van der Waals surface area contributed by atoms with Crippen LogP contribution in [0.25, 0.3) is 45.0 Å². The summed E-state index contributed by atoms with van der Waals surface area (Å²) < 4.78 is 32.8. The Morgan fingerprint density at radius 1 is 0.186 bits per heavy atom. The van der Waals surface area contributed by atoms with Crippen LogP contribution >= 0.6 is 0 Å². The van der Waals surface area contributed by atoms with Crippen molar-refractivity contribution in [1.82, 2.24) is 0 Å². The van der Waals surface area contributed by atoms with E-state index in [2.05, 4.69) is 141 Å². The number of rotatable bonds is 14. The third-order valence-corrected chi connectivity index (χ3v) is 11.8. The van der Waals surface area contributed by atoms with Gasteiger partial charge in [-0.15, -0.1) is 0 Å². The molecule has 0 aliphatic carbocycles. The number of para-hydroxylation sites is 2. The number of hydrogen-bond acceptors (Lipinski definition) is 4. The Hall–Kier alpha value is -9.66. The Bertz CT molecular complexity index is 3210. The molecule has 0 fully saturated rings. The van der Waals surface area contributed by atoms with Crippen molar-refractivity contribution in [1.29, 1.82) is 0 Å². The molecule has 8 nitrogen and oxygen atoms in total. The Balaban J connectivity index is 0.665. The second kappa shape index (κ2) is 20.1. The first-order valence-electron chi connectivity index (χ1n) is 23.0. The highest BCUT2D eigenvalue weighted by molar-refractivity contribution is 5.62. The second-order valence-electron chi connectivity index (χ2n) is 16.5. The predicted octanol–water partition coefficient (Wildman–Crippen LogP) is 13.3. The van der Waals surface area contributed by atoms with Gasteiger partial charge in [-0.2, -0.15) is 18.3 Å². The molecule has 70 heavy (non-hydrogen) atoms. The van der Waals surface area contributed by atoms with Gasteiger partial charge in [0.1, 0.15) is 46.0 Å². The van der Waals surface area contributed by atoms with E-state index in [0.29, 0.717) is 11.5 Å². The highest BCUT2D eigenvalue weighted by Crippen LogP contribution is 2.30. The topological polar surface area (TPSA) is 52.4 Å². The van der Waals surface area contributed by atoms with Gasteiger partial charge in [0, 0.05) is 103 Å². The van der Waals surface area contributed by atoms with Gasteiger partial charge < -0.3 is 18.9 Å². The van der Waals surface area contributed by atoms with Crippen LogP contribution in [-0.4, -0.2) is 0 Å². The first-order valence-corrected chi connectivity index (χ1v) is 23.0. The van der Waals surface area contributed by atoms with Gasteiger partial charge in [-0.3, -0.25) is 0 Å². The summed E-state index contributed by atoms with van der Waals surface area (Å²) in [5, 5.41) is 0. The van der Waals surface area contributed by atoms with Gasteiger partial charge in [0.25, 0.3) is 0 Å². The number of aromatic nitrogens is 4. The van der Waals surface area contributed by atoms with Crippen molar-refractivity contribution >= 4 is 0 Å². The van der Waals surface area contributed by atoms with Crippen LogP contribution in [0.5, 0.6) is 46.0 Å². The number of nitrogens with zero attached hydrogens (tertiary/aromatic N) is 4. The van der Waals surface area contributed by atoms with Gasteiger partial charge >= 0.3 is 0 Å². The third kappa shape index (κ3) is 10.3. The van der Waals surface area contributed by atoms with Crippen LogP contribution in [0.15, 0.2) is 280 Å². The largest absolute Gasteiger partial charge is 0.457 e. The van der Waals surface area contributed by atoms with Gasteiger partial charge in [0.2, 0.25) is 22.7 Å². The molecule has 0 N–H and O–H groups in total. The Kier molecular flexibility index (Phi) is 12.3. The lowest BCUT2D eigenvalue weighted by Gasteiger charge is -2.09. The van der Waals surface area contributed by atoms with Crippen LogP contribution in [0.1, 0.15) is 0 Å². The van der Waals surface area contributed by atoms with E-state index in [4.69, 9.17) is 18.9 Å². The summed E-state index contributed by atoms with van der Waals surface area (Å²) in [6.45, 7) is 0. The molecule has 0 amide bonds. The monoisotopic (exact) mass is 910 g/mol. The van der Waals surface area contributed by atoms with Crippen molar-refractivity contribution < 1.29 is 37.2 Å². The summed E-state index contributed by atoms with van der Waals surface area (Å²) in [4.78, 5) is 0. The van der Waals surface area contributed by atoms with Crippen molar-refractivity contribution in [2.45, 2.75) is 0 Å². The molecule has 0 bridgehead atoms. The number of ether oxygens (including phenoxy) is 4. The minimum atomic E-state index is 0.685. The summed E-state index contributed by atoms with van der Waals surface area (Å²) >= 11 is 0. The smallest absolute Gasteiger partial charge is 0.210 e. The van der Waals surface area contributed by atoms with Gasteiger partial charge in [-0.25, -0.2) is 0 Å². The molecule has 0 atom stereocenters. The average molecular weight is 911 g/mol. The van der Waals surface area contributed by atoms with Crippen LogP contribution in [0.4, 0.5) is 0 Å². The fourth-order valence-corrected chi connectivity index (χ4v) is 8.03. The zero-order valence-electron chi connectivity index (χ0n) is 38.0. The second-order valence-corrected chi connectivity index (χ2v) is 16.5. The molecule has 8 heteroatoms. The SMILES string of the molecule is c1ccc(Oc2ccc(-[n+]3ccc(-c4cc[n+](-c5ccc(Oc6cccc(Oc7ccc(-[n+]8ccc(-c9cc[n+](-c%10ccc(Oc%11ccccc%11)cc%10)cc9)cc8)cc7)c6)cc5)cc4)cc3)cc2)cc1. The summed E-state index contributed by atoms with van der Waals surface area (Å²) in [7, 11) is 0. The molecule has 0 aliphatic rings. The van der Waals surface area contributed by atoms with Gasteiger partial charge in [-0.05, 0) is 107 Å². The average Bonchev–Trinajstić information content (AvgIpc) is 3.43. The minimum absolute atomic E-state index is 0.685. The lowest BCUT2D eigenvalue weighted by atomic mass is 10.1. The van der Waals surface area contributed by atoms with E-state index in [0.717, 1.165) is 79.5 Å². The molecule has 334 valence electrons. The van der Waals surface area contributed by atoms with Gasteiger partial charge in [0.05, 0.1) is 0 Å². The highest BCUT2D eigenvalue weighted by atomic mass is 16.5. The van der Waals surface area contributed by atoms with Gasteiger partial charge in [-0.1, -0.05) is 42.5 Å². The molecule has 0 saturated heterocycles. The van der Waals surface area contributed by atoms with Crippen LogP contribution in [0.2, 0.25) is 0 Å². The Morgan fingerprint density at radius 2 is 0.400 bits per heavy atom. The van der Waals surface area contributed by atoms with E-state index in [1.165, 1.54) is 0 Å².